The van der Waals surface area contributed by atoms with Gasteiger partial charge in [-0.25, -0.2) is 0 Å². The van der Waals surface area contributed by atoms with Crippen molar-refractivity contribution in [3.8, 4) is 0 Å². The quantitative estimate of drug-likeness (QED) is 0.568. The number of rotatable bonds is 2. The number of ketones is 1. The third-order valence-electron chi connectivity index (χ3n) is 1.48. The van der Waals surface area contributed by atoms with E-state index in [9.17, 15) is 4.79 Å². The highest BCUT2D eigenvalue weighted by atomic mass is 16.1. The van der Waals surface area contributed by atoms with Crippen molar-refractivity contribution in [2.75, 3.05) is 0 Å². The van der Waals surface area contributed by atoms with E-state index >= 15 is 0 Å². The molecule has 10 heavy (non-hydrogen) atoms. The third kappa shape index (κ3) is 1.26. The van der Waals surface area contributed by atoms with Crippen LogP contribution in [0.5, 0.6) is 0 Å². The molecule has 0 fully saturated rings. The predicted octanol–water partition coefficient (Wildman–Crippen LogP) is 1.62. The van der Waals surface area contributed by atoms with Gasteiger partial charge in [0.25, 0.3) is 0 Å². The molecule has 0 aliphatic carbocycles. The van der Waals surface area contributed by atoms with Gasteiger partial charge in [-0.1, -0.05) is 6.92 Å². The molecular weight excluding hydrogens is 126 g/mol. The first-order valence-corrected chi connectivity index (χ1v) is 3.39. The van der Waals surface area contributed by atoms with Crippen LogP contribution in [0.2, 0.25) is 0 Å². The molecule has 1 rings (SSSR count). The Balaban J connectivity index is 2.85. The van der Waals surface area contributed by atoms with Crippen LogP contribution in [0.15, 0.2) is 18.5 Å². The lowest BCUT2D eigenvalue weighted by Gasteiger charge is -1.88. The van der Waals surface area contributed by atoms with Gasteiger partial charge in [0.1, 0.15) is 0 Å². The fourth-order valence-corrected chi connectivity index (χ4v) is 0.872. The van der Waals surface area contributed by atoms with Gasteiger partial charge in [0, 0.05) is 31.4 Å². The van der Waals surface area contributed by atoms with Gasteiger partial charge in [-0.3, -0.25) is 4.79 Å². The second-order valence-electron chi connectivity index (χ2n) is 2.34. The lowest BCUT2D eigenvalue weighted by Crippen LogP contribution is -1.93. The Morgan fingerprint density at radius 3 is 2.80 bits per heavy atom. The van der Waals surface area contributed by atoms with Crippen molar-refractivity contribution in [1.82, 2.24) is 4.57 Å². The summed E-state index contributed by atoms with van der Waals surface area (Å²) in [6, 6.07) is 1.84. The van der Waals surface area contributed by atoms with Crippen molar-refractivity contribution < 1.29 is 4.79 Å². The van der Waals surface area contributed by atoms with Crippen LogP contribution in [-0.4, -0.2) is 10.4 Å². The molecule has 0 aromatic carbocycles. The second-order valence-corrected chi connectivity index (χ2v) is 2.34. The fourth-order valence-electron chi connectivity index (χ4n) is 0.872. The molecule has 0 bridgehead atoms. The monoisotopic (exact) mass is 137 g/mol. The van der Waals surface area contributed by atoms with Crippen molar-refractivity contribution in [3.63, 3.8) is 0 Å². The molecule has 0 saturated carbocycles. The minimum absolute atomic E-state index is 0.209. The number of carbonyl (C=O) groups excluding carboxylic acids is 1. The Kier molecular flexibility index (Phi) is 1.90. The van der Waals surface area contributed by atoms with Crippen LogP contribution in [0.4, 0.5) is 0 Å². The Morgan fingerprint density at radius 2 is 2.40 bits per heavy atom. The van der Waals surface area contributed by atoms with Gasteiger partial charge < -0.3 is 4.57 Å². The zero-order chi connectivity index (χ0) is 7.56. The van der Waals surface area contributed by atoms with Crippen molar-refractivity contribution >= 4 is 5.78 Å². The molecule has 0 atom stereocenters. The number of aromatic nitrogens is 1. The average molecular weight is 137 g/mol. The van der Waals surface area contributed by atoms with Crippen molar-refractivity contribution in [2.24, 2.45) is 7.05 Å². The Morgan fingerprint density at radius 1 is 1.70 bits per heavy atom. The first-order chi connectivity index (χ1) is 4.74. The highest BCUT2D eigenvalue weighted by molar-refractivity contribution is 5.95. The topological polar surface area (TPSA) is 22.0 Å². The molecule has 54 valence electrons. The first kappa shape index (κ1) is 7.06. The number of nitrogens with zero attached hydrogens (tertiary/aromatic N) is 1. The van der Waals surface area contributed by atoms with Crippen LogP contribution >= 0.6 is 0 Å². The van der Waals surface area contributed by atoms with E-state index in [0.29, 0.717) is 6.42 Å². The van der Waals surface area contributed by atoms with Gasteiger partial charge in [0.15, 0.2) is 5.78 Å². The summed E-state index contributed by atoms with van der Waals surface area (Å²) in [6.45, 7) is 1.87. The molecule has 0 saturated heterocycles. The summed E-state index contributed by atoms with van der Waals surface area (Å²) in [4.78, 5) is 11.0. The second kappa shape index (κ2) is 2.69. The highest BCUT2D eigenvalue weighted by Crippen LogP contribution is 2.02. The van der Waals surface area contributed by atoms with E-state index in [0.717, 1.165) is 5.56 Å². The number of Topliss-reactive ketones (excluding diaryl/α,β-unsaturated/α-hetero) is 1. The van der Waals surface area contributed by atoms with Crippen LogP contribution in [0.3, 0.4) is 0 Å². The zero-order valence-corrected chi connectivity index (χ0v) is 6.29. The lowest BCUT2D eigenvalue weighted by molar-refractivity contribution is 0.0988. The molecule has 1 heterocycles. The summed E-state index contributed by atoms with van der Waals surface area (Å²) in [5.74, 6) is 0.209. The van der Waals surface area contributed by atoms with E-state index in [1.807, 2.05) is 37.0 Å². The van der Waals surface area contributed by atoms with E-state index in [4.69, 9.17) is 0 Å². The van der Waals surface area contributed by atoms with Gasteiger partial charge in [0.05, 0.1) is 0 Å². The first-order valence-electron chi connectivity index (χ1n) is 3.39. The fraction of sp³-hybridized carbons (Fsp3) is 0.375. The van der Waals surface area contributed by atoms with E-state index < -0.39 is 0 Å². The van der Waals surface area contributed by atoms with E-state index in [1.54, 1.807) is 0 Å². The maximum atomic E-state index is 11.0. The smallest absolute Gasteiger partial charge is 0.164 e. The minimum Gasteiger partial charge on any atom is -0.357 e. The normalized spacial score (nSPS) is 9.80. The number of hydrogen-bond acceptors (Lipinski definition) is 1. The maximum Gasteiger partial charge on any atom is 0.164 e. The molecule has 0 aliphatic heterocycles. The van der Waals surface area contributed by atoms with Gasteiger partial charge in [-0.05, 0) is 6.07 Å². The summed E-state index contributed by atoms with van der Waals surface area (Å²) in [6.07, 6.45) is 4.30. The Labute approximate surface area is 60.5 Å². The van der Waals surface area contributed by atoms with E-state index in [2.05, 4.69) is 0 Å². The third-order valence-corrected chi connectivity index (χ3v) is 1.48. The molecule has 0 aliphatic rings. The van der Waals surface area contributed by atoms with Crippen molar-refractivity contribution in [3.05, 3.63) is 24.0 Å². The SMILES string of the molecule is CCC(=O)c1ccn(C)c1. The number of carbonyl (C=O) groups is 1. The maximum absolute atomic E-state index is 11.0. The molecule has 1 aromatic heterocycles. The van der Waals surface area contributed by atoms with Gasteiger partial charge in [-0.15, -0.1) is 0 Å². The highest BCUT2D eigenvalue weighted by Gasteiger charge is 2.01. The van der Waals surface area contributed by atoms with Gasteiger partial charge in [0.2, 0.25) is 0 Å². The molecule has 1 aromatic rings. The summed E-state index contributed by atoms with van der Waals surface area (Å²) in [7, 11) is 1.91. The van der Waals surface area contributed by atoms with Crippen LogP contribution in [0, 0.1) is 0 Å². The van der Waals surface area contributed by atoms with Crippen molar-refractivity contribution in [1.29, 1.82) is 0 Å². The minimum atomic E-state index is 0.209. The molecule has 2 nitrogen and oxygen atoms in total. The molecule has 0 spiro atoms. The molecule has 2 heteroatoms. The largest absolute Gasteiger partial charge is 0.357 e. The summed E-state index contributed by atoms with van der Waals surface area (Å²) in [5, 5.41) is 0. The van der Waals surface area contributed by atoms with E-state index in [1.165, 1.54) is 0 Å². The van der Waals surface area contributed by atoms with Crippen molar-refractivity contribution in [2.45, 2.75) is 13.3 Å². The molecule has 0 radical (unpaired) electrons. The lowest BCUT2D eigenvalue weighted by atomic mass is 10.2. The van der Waals surface area contributed by atoms with Gasteiger partial charge >= 0.3 is 0 Å². The Hall–Kier alpha value is -1.05. The van der Waals surface area contributed by atoms with Gasteiger partial charge in [-0.2, -0.15) is 0 Å². The van der Waals surface area contributed by atoms with Crippen LogP contribution < -0.4 is 0 Å². The molecular formula is C8H11NO. The Bertz CT molecular complexity index is 237. The summed E-state index contributed by atoms with van der Waals surface area (Å²) in [5.41, 5.74) is 0.810. The predicted molar refractivity (Wildman–Crippen MR) is 40.0 cm³/mol. The molecule has 0 unspecified atom stereocenters. The summed E-state index contributed by atoms with van der Waals surface area (Å²) >= 11 is 0. The zero-order valence-electron chi connectivity index (χ0n) is 6.29. The van der Waals surface area contributed by atoms with E-state index in [-0.39, 0.29) is 5.78 Å². The standard InChI is InChI=1S/C8H11NO/c1-3-8(10)7-4-5-9(2)6-7/h4-6H,3H2,1-2H3. The van der Waals surface area contributed by atoms with Crippen LogP contribution in [-0.2, 0) is 7.05 Å². The summed E-state index contributed by atoms with van der Waals surface area (Å²) < 4.78 is 1.88. The van der Waals surface area contributed by atoms with Crippen LogP contribution in [0.1, 0.15) is 23.7 Å². The average Bonchev–Trinajstić information content (AvgIpc) is 2.34. The number of aryl methyl sites for hydroxylation is 1. The molecule has 0 amide bonds. The molecule has 0 N–H and O–H groups in total. The number of hydrogen-bond donors (Lipinski definition) is 0. The van der Waals surface area contributed by atoms with Crippen LogP contribution in [0.25, 0.3) is 0 Å².